The second-order valence-electron chi connectivity index (χ2n) is 9.43. The van der Waals surface area contributed by atoms with E-state index in [4.69, 9.17) is 4.42 Å². The maximum Gasteiger partial charge on any atom is 0.291 e. The maximum absolute atomic E-state index is 12.5. The highest BCUT2D eigenvalue weighted by atomic mass is 16.3. The quantitative estimate of drug-likeness (QED) is 0.737. The number of hydrogen-bond donors (Lipinski definition) is 2. The van der Waals surface area contributed by atoms with Gasteiger partial charge in [-0.15, -0.1) is 0 Å². The minimum absolute atomic E-state index is 0.0429. The Kier molecular flexibility index (Phi) is 4.69. The topological polar surface area (TPSA) is 71.3 Å². The van der Waals surface area contributed by atoms with Gasteiger partial charge in [-0.1, -0.05) is 0 Å². The normalized spacial score (nSPS) is 29.6. The summed E-state index contributed by atoms with van der Waals surface area (Å²) in [7, 11) is 0. The standard InChI is InChI=1S/C24H28N2O3/c27-22(19-3-5-20(6-4-19)26-23(28)21-2-1-9-29-21)25-8-7-24-13-16-10-17(14-24)12-18(11-16)15-24/h1-6,9,16-18H,7-8,10-15H2,(H,25,27)(H,26,28). The van der Waals surface area contributed by atoms with E-state index in [9.17, 15) is 9.59 Å². The van der Waals surface area contributed by atoms with Crippen LogP contribution in [0.1, 0.15) is 65.9 Å². The van der Waals surface area contributed by atoms with Crippen molar-refractivity contribution in [1.29, 1.82) is 0 Å². The summed E-state index contributed by atoms with van der Waals surface area (Å²) in [6.07, 6.45) is 11.1. The van der Waals surface area contributed by atoms with Crippen molar-refractivity contribution < 1.29 is 14.0 Å². The second kappa shape index (κ2) is 7.36. The first kappa shape index (κ1) is 18.5. The molecule has 152 valence electrons. The molecule has 0 spiro atoms. The highest BCUT2D eigenvalue weighted by Crippen LogP contribution is 2.61. The molecule has 0 aliphatic heterocycles. The number of nitrogens with one attached hydrogen (secondary N) is 2. The lowest BCUT2D eigenvalue weighted by molar-refractivity contribution is -0.0564. The molecule has 4 fully saturated rings. The Morgan fingerprint density at radius 1 is 0.931 bits per heavy atom. The summed E-state index contributed by atoms with van der Waals surface area (Å²) < 4.78 is 5.08. The van der Waals surface area contributed by atoms with Crippen molar-refractivity contribution in [3.8, 4) is 0 Å². The van der Waals surface area contributed by atoms with E-state index in [2.05, 4.69) is 10.6 Å². The molecule has 1 aromatic carbocycles. The van der Waals surface area contributed by atoms with Crippen LogP contribution in [0.3, 0.4) is 0 Å². The summed E-state index contributed by atoms with van der Waals surface area (Å²) in [4.78, 5) is 24.6. The molecular weight excluding hydrogens is 364 g/mol. The third-order valence-electron chi connectivity index (χ3n) is 7.26. The Hall–Kier alpha value is -2.56. The highest BCUT2D eigenvalue weighted by molar-refractivity contribution is 6.02. The molecule has 2 aromatic rings. The summed E-state index contributed by atoms with van der Waals surface area (Å²) in [6, 6.07) is 10.3. The minimum Gasteiger partial charge on any atom is -0.459 e. The SMILES string of the molecule is O=C(NCCC12CC3CC(CC(C3)C1)C2)c1ccc(NC(=O)c2ccco2)cc1. The molecule has 1 heterocycles. The number of hydrogen-bond acceptors (Lipinski definition) is 3. The molecule has 4 saturated carbocycles. The van der Waals surface area contributed by atoms with Crippen LogP contribution in [0.25, 0.3) is 0 Å². The lowest BCUT2D eigenvalue weighted by Crippen LogP contribution is -2.47. The van der Waals surface area contributed by atoms with Crippen molar-refractivity contribution in [2.45, 2.75) is 44.9 Å². The van der Waals surface area contributed by atoms with Crippen molar-refractivity contribution >= 4 is 17.5 Å². The summed E-state index contributed by atoms with van der Waals surface area (Å²) >= 11 is 0. The fourth-order valence-electron chi connectivity index (χ4n) is 6.44. The number of benzene rings is 1. The van der Waals surface area contributed by atoms with Crippen LogP contribution >= 0.6 is 0 Å². The molecule has 0 saturated heterocycles. The number of furan rings is 1. The largest absolute Gasteiger partial charge is 0.459 e. The second-order valence-corrected chi connectivity index (χ2v) is 9.43. The van der Waals surface area contributed by atoms with Crippen LogP contribution < -0.4 is 10.6 Å². The monoisotopic (exact) mass is 392 g/mol. The fourth-order valence-corrected chi connectivity index (χ4v) is 6.44. The van der Waals surface area contributed by atoms with Crippen molar-refractivity contribution in [3.63, 3.8) is 0 Å². The van der Waals surface area contributed by atoms with Crippen LogP contribution in [0.2, 0.25) is 0 Å². The predicted octanol–water partition coefficient (Wildman–Crippen LogP) is 4.87. The van der Waals surface area contributed by atoms with Crippen LogP contribution in [0, 0.1) is 23.2 Å². The van der Waals surface area contributed by atoms with Gasteiger partial charge < -0.3 is 15.1 Å². The first-order valence-electron chi connectivity index (χ1n) is 10.8. The Morgan fingerprint density at radius 3 is 2.17 bits per heavy atom. The van der Waals surface area contributed by atoms with Gasteiger partial charge in [0.25, 0.3) is 11.8 Å². The zero-order valence-corrected chi connectivity index (χ0v) is 16.7. The molecule has 2 N–H and O–H groups in total. The van der Waals surface area contributed by atoms with Gasteiger partial charge in [0.15, 0.2) is 5.76 Å². The van der Waals surface area contributed by atoms with Crippen LogP contribution in [-0.4, -0.2) is 18.4 Å². The van der Waals surface area contributed by atoms with E-state index >= 15 is 0 Å². The zero-order chi connectivity index (χ0) is 19.8. The molecule has 4 aliphatic carbocycles. The average Bonchev–Trinajstić information content (AvgIpc) is 3.22. The summed E-state index contributed by atoms with van der Waals surface area (Å²) in [5.41, 5.74) is 1.74. The lowest BCUT2D eigenvalue weighted by atomic mass is 9.49. The number of amides is 2. The molecular formula is C24H28N2O3. The van der Waals surface area contributed by atoms with Gasteiger partial charge in [0.05, 0.1) is 6.26 Å². The molecule has 0 unspecified atom stereocenters. The van der Waals surface area contributed by atoms with Gasteiger partial charge in [0.1, 0.15) is 0 Å². The van der Waals surface area contributed by atoms with E-state index in [0.29, 0.717) is 16.7 Å². The molecule has 4 bridgehead atoms. The number of rotatable bonds is 6. The Labute approximate surface area is 171 Å². The molecule has 29 heavy (non-hydrogen) atoms. The van der Waals surface area contributed by atoms with E-state index in [0.717, 1.165) is 30.7 Å². The van der Waals surface area contributed by atoms with Gasteiger partial charge in [0.2, 0.25) is 0 Å². The third kappa shape index (κ3) is 3.83. The third-order valence-corrected chi connectivity index (χ3v) is 7.26. The minimum atomic E-state index is -0.303. The summed E-state index contributed by atoms with van der Waals surface area (Å²) in [5.74, 6) is 2.75. The van der Waals surface area contributed by atoms with Crippen molar-refractivity contribution in [3.05, 3.63) is 54.0 Å². The Bertz CT molecular complexity index is 850. The van der Waals surface area contributed by atoms with Crippen molar-refractivity contribution in [2.75, 3.05) is 11.9 Å². The van der Waals surface area contributed by atoms with Crippen LogP contribution in [0.5, 0.6) is 0 Å². The number of carbonyl (C=O) groups is 2. The van der Waals surface area contributed by atoms with Crippen molar-refractivity contribution in [2.24, 2.45) is 23.2 Å². The molecule has 6 rings (SSSR count). The summed E-state index contributed by atoms with van der Waals surface area (Å²) in [5, 5.41) is 5.88. The molecule has 4 aliphatic rings. The first-order chi connectivity index (χ1) is 14.1. The fraction of sp³-hybridized carbons (Fsp3) is 0.500. The smallest absolute Gasteiger partial charge is 0.291 e. The molecule has 1 aromatic heterocycles. The lowest BCUT2D eigenvalue weighted by Gasteiger charge is -2.57. The molecule has 0 atom stereocenters. The van der Waals surface area contributed by atoms with E-state index in [1.54, 1.807) is 36.4 Å². The molecule has 5 nitrogen and oxygen atoms in total. The van der Waals surface area contributed by atoms with E-state index in [-0.39, 0.29) is 17.6 Å². The van der Waals surface area contributed by atoms with Gasteiger partial charge in [0, 0.05) is 17.8 Å². The molecule has 0 radical (unpaired) electrons. The highest BCUT2D eigenvalue weighted by Gasteiger charge is 2.50. The molecule has 2 amide bonds. The Balaban J connectivity index is 1.13. The van der Waals surface area contributed by atoms with E-state index < -0.39 is 0 Å². The average molecular weight is 392 g/mol. The van der Waals surface area contributed by atoms with Crippen LogP contribution in [0.4, 0.5) is 5.69 Å². The van der Waals surface area contributed by atoms with Crippen LogP contribution in [0.15, 0.2) is 47.1 Å². The Morgan fingerprint density at radius 2 is 1.59 bits per heavy atom. The zero-order valence-electron chi connectivity index (χ0n) is 16.7. The maximum atomic E-state index is 12.5. The van der Waals surface area contributed by atoms with Gasteiger partial charge in [-0.3, -0.25) is 9.59 Å². The molecule has 5 heteroatoms. The van der Waals surface area contributed by atoms with Gasteiger partial charge in [-0.05, 0) is 105 Å². The first-order valence-corrected chi connectivity index (χ1v) is 10.8. The van der Waals surface area contributed by atoms with Crippen LogP contribution in [-0.2, 0) is 0 Å². The van der Waals surface area contributed by atoms with E-state index in [1.165, 1.54) is 44.8 Å². The predicted molar refractivity (Wildman–Crippen MR) is 111 cm³/mol. The summed E-state index contributed by atoms with van der Waals surface area (Å²) in [6.45, 7) is 0.752. The van der Waals surface area contributed by atoms with Gasteiger partial charge >= 0.3 is 0 Å². The number of anilines is 1. The number of carbonyl (C=O) groups excluding carboxylic acids is 2. The van der Waals surface area contributed by atoms with Gasteiger partial charge in [-0.2, -0.15) is 0 Å². The van der Waals surface area contributed by atoms with E-state index in [1.807, 2.05) is 0 Å². The van der Waals surface area contributed by atoms with Gasteiger partial charge in [-0.25, -0.2) is 0 Å². The van der Waals surface area contributed by atoms with Crippen molar-refractivity contribution in [1.82, 2.24) is 5.32 Å².